The third kappa shape index (κ3) is 3.05. The zero-order valence-corrected chi connectivity index (χ0v) is 15.9. The SMILES string of the molecule is Cn1cc(-c2nc(-c3ccccc3)cc3ccccc23)nc1-c1ccccc1O. The van der Waals surface area contributed by atoms with Crippen molar-refractivity contribution in [1.29, 1.82) is 0 Å². The van der Waals surface area contributed by atoms with E-state index < -0.39 is 0 Å². The number of aryl methyl sites for hydroxylation is 1. The summed E-state index contributed by atoms with van der Waals surface area (Å²) < 4.78 is 1.93. The molecule has 0 aliphatic rings. The third-order valence-electron chi connectivity index (χ3n) is 5.07. The summed E-state index contributed by atoms with van der Waals surface area (Å²) in [5, 5.41) is 12.4. The Kier molecular flexibility index (Phi) is 4.10. The van der Waals surface area contributed by atoms with Gasteiger partial charge in [0.1, 0.15) is 17.3 Å². The molecule has 0 aliphatic heterocycles. The number of phenolic OH excluding ortho intramolecular Hbond substituents is 1. The van der Waals surface area contributed by atoms with Gasteiger partial charge in [0.25, 0.3) is 0 Å². The molecule has 0 aliphatic carbocycles. The molecule has 0 saturated heterocycles. The number of benzene rings is 3. The molecule has 2 aromatic heterocycles. The number of aromatic nitrogens is 3. The molecule has 0 spiro atoms. The zero-order valence-electron chi connectivity index (χ0n) is 15.9. The van der Waals surface area contributed by atoms with Crippen LogP contribution < -0.4 is 0 Å². The first kappa shape index (κ1) is 17.2. The highest BCUT2D eigenvalue weighted by Crippen LogP contribution is 2.33. The third-order valence-corrected chi connectivity index (χ3v) is 5.07. The molecule has 0 unspecified atom stereocenters. The monoisotopic (exact) mass is 377 g/mol. The Morgan fingerprint density at radius 3 is 2.31 bits per heavy atom. The van der Waals surface area contributed by atoms with E-state index in [1.807, 2.05) is 60.3 Å². The molecule has 0 saturated carbocycles. The van der Waals surface area contributed by atoms with E-state index in [-0.39, 0.29) is 5.75 Å². The van der Waals surface area contributed by atoms with Crippen molar-refractivity contribution in [3.8, 4) is 39.8 Å². The molecular weight excluding hydrogens is 358 g/mol. The first-order chi connectivity index (χ1) is 14.2. The normalized spacial score (nSPS) is 11.1. The zero-order chi connectivity index (χ0) is 19.8. The number of imidazole rings is 1. The van der Waals surface area contributed by atoms with Crippen LogP contribution in [0, 0.1) is 0 Å². The highest BCUT2D eigenvalue weighted by molar-refractivity contribution is 5.96. The van der Waals surface area contributed by atoms with Crippen LogP contribution in [0.15, 0.2) is 91.1 Å². The van der Waals surface area contributed by atoms with Crippen LogP contribution in [0.5, 0.6) is 5.75 Å². The molecule has 0 radical (unpaired) electrons. The molecule has 3 aromatic carbocycles. The molecule has 29 heavy (non-hydrogen) atoms. The van der Waals surface area contributed by atoms with Gasteiger partial charge in [-0.05, 0) is 23.6 Å². The number of hydrogen-bond donors (Lipinski definition) is 1. The summed E-state index contributed by atoms with van der Waals surface area (Å²) in [6, 6.07) is 27.7. The lowest BCUT2D eigenvalue weighted by Gasteiger charge is -2.08. The Balaban J connectivity index is 1.73. The molecule has 5 rings (SSSR count). The molecule has 4 heteroatoms. The number of rotatable bonds is 3. The van der Waals surface area contributed by atoms with Gasteiger partial charge >= 0.3 is 0 Å². The first-order valence-electron chi connectivity index (χ1n) is 9.48. The fraction of sp³-hybridized carbons (Fsp3) is 0.0400. The Morgan fingerprint density at radius 2 is 1.48 bits per heavy atom. The van der Waals surface area contributed by atoms with Crippen LogP contribution in [-0.2, 0) is 7.05 Å². The van der Waals surface area contributed by atoms with E-state index in [1.165, 1.54) is 0 Å². The van der Waals surface area contributed by atoms with E-state index in [0.29, 0.717) is 11.4 Å². The van der Waals surface area contributed by atoms with Gasteiger partial charge in [0, 0.05) is 24.2 Å². The van der Waals surface area contributed by atoms with Crippen LogP contribution in [0.3, 0.4) is 0 Å². The highest BCUT2D eigenvalue weighted by atomic mass is 16.3. The number of phenols is 1. The van der Waals surface area contributed by atoms with Gasteiger partial charge in [-0.3, -0.25) is 0 Å². The van der Waals surface area contributed by atoms with Crippen LogP contribution in [0.1, 0.15) is 0 Å². The van der Waals surface area contributed by atoms with E-state index in [0.717, 1.165) is 33.4 Å². The Hall–Kier alpha value is -3.92. The van der Waals surface area contributed by atoms with Gasteiger partial charge in [0.05, 0.1) is 17.0 Å². The summed E-state index contributed by atoms with van der Waals surface area (Å²) in [4.78, 5) is 9.81. The van der Waals surface area contributed by atoms with Gasteiger partial charge in [-0.1, -0.05) is 66.7 Å². The average molecular weight is 377 g/mol. The van der Waals surface area contributed by atoms with Crippen molar-refractivity contribution in [2.75, 3.05) is 0 Å². The Bertz CT molecular complexity index is 1320. The van der Waals surface area contributed by atoms with Crippen molar-refractivity contribution in [1.82, 2.24) is 14.5 Å². The summed E-state index contributed by atoms with van der Waals surface area (Å²) in [5.74, 6) is 0.915. The lowest BCUT2D eigenvalue weighted by molar-refractivity contribution is 0.476. The summed E-state index contributed by atoms with van der Waals surface area (Å²) in [6.45, 7) is 0. The van der Waals surface area contributed by atoms with Crippen LogP contribution in [0.4, 0.5) is 0 Å². The molecule has 0 atom stereocenters. The van der Waals surface area contributed by atoms with Gasteiger partial charge in [-0.15, -0.1) is 0 Å². The minimum Gasteiger partial charge on any atom is -0.507 e. The summed E-state index contributed by atoms with van der Waals surface area (Å²) in [7, 11) is 1.93. The molecule has 0 amide bonds. The van der Waals surface area contributed by atoms with Gasteiger partial charge in [-0.2, -0.15) is 0 Å². The predicted molar refractivity (Wildman–Crippen MR) is 116 cm³/mol. The summed E-state index contributed by atoms with van der Waals surface area (Å²) >= 11 is 0. The second kappa shape index (κ2) is 6.91. The van der Waals surface area contributed by atoms with Crippen molar-refractivity contribution in [3.63, 3.8) is 0 Å². The van der Waals surface area contributed by atoms with Crippen LogP contribution in [-0.4, -0.2) is 19.6 Å². The van der Waals surface area contributed by atoms with Gasteiger partial charge in [0.15, 0.2) is 0 Å². The molecule has 0 fully saturated rings. The number of nitrogens with zero attached hydrogens (tertiary/aromatic N) is 3. The van der Waals surface area contributed by atoms with Crippen molar-refractivity contribution in [2.45, 2.75) is 0 Å². The van der Waals surface area contributed by atoms with Crippen LogP contribution >= 0.6 is 0 Å². The van der Waals surface area contributed by atoms with Crippen molar-refractivity contribution >= 4 is 10.8 Å². The topological polar surface area (TPSA) is 50.9 Å². The fourth-order valence-corrected chi connectivity index (χ4v) is 3.64. The van der Waals surface area contributed by atoms with E-state index in [1.54, 1.807) is 12.1 Å². The molecule has 1 N–H and O–H groups in total. The van der Waals surface area contributed by atoms with E-state index >= 15 is 0 Å². The first-order valence-corrected chi connectivity index (χ1v) is 9.48. The van der Waals surface area contributed by atoms with Crippen molar-refractivity contribution in [2.24, 2.45) is 7.05 Å². The summed E-state index contributed by atoms with van der Waals surface area (Å²) in [5.41, 5.74) is 4.29. The number of hydrogen-bond acceptors (Lipinski definition) is 3. The molecule has 140 valence electrons. The minimum atomic E-state index is 0.212. The largest absolute Gasteiger partial charge is 0.507 e. The molecule has 2 heterocycles. The molecule has 5 aromatic rings. The van der Waals surface area contributed by atoms with Crippen molar-refractivity contribution in [3.05, 3.63) is 91.1 Å². The molecule has 4 nitrogen and oxygen atoms in total. The Morgan fingerprint density at radius 1 is 0.759 bits per heavy atom. The predicted octanol–water partition coefficient (Wildman–Crippen LogP) is 5.67. The van der Waals surface area contributed by atoms with Gasteiger partial charge in [0.2, 0.25) is 0 Å². The van der Waals surface area contributed by atoms with E-state index in [4.69, 9.17) is 9.97 Å². The Labute approximate surface area is 168 Å². The fourth-order valence-electron chi connectivity index (χ4n) is 3.64. The van der Waals surface area contributed by atoms with Gasteiger partial charge in [-0.25, -0.2) is 9.97 Å². The molecule has 0 bridgehead atoms. The van der Waals surface area contributed by atoms with E-state index in [2.05, 4.69) is 30.3 Å². The second-order valence-corrected chi connectivity index (χ2v) is 7.02. The van der Waals surface area contributed by atoms with Crippen LogP contribution in [0.2, 0.25) is 0 Å². The molecular formula is C25H19N3O. The number of pyridine rings is 1. The second-order valence-electron chi connectivity index (χ2n) is 7.02. The maximum Gasteiger partial charge on any atom is 0.144 e. The van der Waals surface area contributed by atoms with E-state index in [9.17, 15) is 5.11 Å². The minimum absolute atomic E-state index is 0.212. The summed E-state index contributed by atoms with van der Waals surface area (Å²) in [6.07, 6.45) is 1.96. The number of para-hydroxylation sites is 1. The number of aromatic hydroxyl groups is 1. The average Bonchev–Trinajstić information content (AvgIpc) is 3.15. The lowest BCUT2D eigenvalue weighted by atomic mass is 10.0. The van der Waals surface area contributed by atoms with Crippen LogP contribution in [0.25, 0.3) is 44.8 Å². The lowest BCUT2D eigenvalue weighted by Crippen LogP contribution is -1.91. The maximum absolute atomic E-state index is 10.3. The quantitative estimate of drug-likeness (QED) is 0.440. The van der Waals surface area contributed by atoms with Gasteiger partial charge < -0.3 is 9.67 Å². The smallest absolute Gasteiger partial charge is 0.144 e. The standard InChI is InChI=1S/C25H19N3O/c1-28-16-22(27-25(28)20-13-7-8-14-23(20)29)24-19-12-6-5-11-18(19)15-21(26-24)17-9-3-2-4-10-17/h2-16,29H,1H3. The highest BCUT2D eigenvalue weighted by Gasteiger charge is 2.16. The maximum atomic E-state index is 10.3. The van der Waals surface area contributed by atoms with Crippen molar-refractivity contribution < 1.29 is 5.11 Å². The number of fused-ring (bicyclic) bond motifs is 1.